The van der Waals surface area contributed by atoms with Crippen molar-refractivity contribution in [2.24, 2.45) is 0 Å². The fourth-order valence-corrected chi connectivity index (χ4v) is 3.62. The first-order chi connectivity index (χ1) is 9.25. The zero-order valence-corrected chi connectivity index (χ0v) is 11.4. The first-order valence-corrected chi connectivity index (χ1v) is 7.47. The Balaban J connectivity index is 1.70. The van der Waals surface area contributed by atoms with Gasteiger partial charge in [0.05, 0.1) is 12.6 Å². The maximum Gasteiger partial charge on any atom is 0.242 e. The van der Waals surface area contributed by atoms with Crippen LogP contribution in [-0.2, 0) is 9.59 Å². The Hall–Kier alpha value is -1.40. The molecule has 2 saturated heterocycles. The molecule has 6 heteroatoms. The maximum absolute atomic E-state index is 12.5. The van der Waals surface area contributed by atoms with E-state index in [0.717, 1.165) is 19.4 Å². The molecule has 2 aliphatic rings. The smallest absolute Gasteiger partial charge is 0.242 e. The molecule has 0 saturated carbocycles. The summed E-state index contributed by atoms with van der Waals surface area (Å²) >= 11 is 1.70. The van der Waals surface area contributed by atoms with E-state index in [1.165, 1.54) is 4.88 Å². The minimum absolute atomic E-state index is 0.0414. The van der Waals surface area contributed by atoms with Crippen molar-refractivity contribution >= 4 is 23.2 Å². The SMILES string of the molecule is O=C1CNC(C(=O)N2CCCC2c2cccs2)CN1. The Morgan fingerprint density at radius 3 is 3.05 bits per heavy atom. The van der Waals surface area contributed by atoms with Crippen LogP contribution in [0.5, 0.6) is 0 Å². The summed E-state index contributed by atoms with van der Waals surface area (Å²) in [5.41, 5.74) is 0. The van der Waals surface area contributed by atoms with E-state index < -0.39 is 0 Å². The van der Waals surface area contributed by atoms with Crippen molar-refractivity contribution in [3.8, 4) is 0 Å². The standard InChI is InChI=1S/C13H17N3O2S/c17-12-8-14-9(7-15-12)13(18)16-5-1-3-10(16)11-4-2-6-19-11/h2,4,6,9-10,14H,1,3,5,7-8H2,(H,15,17). The van der Waals surface area contributed by atoms with Gasteiger partial charge < -0.3 is 10.2 Å². The maximum atomic E-state index is 12.5. The normalized spacial score (nSPS) is 27.4. The third kappa shape index (κ3) is 2.50. The summed E-state index contributed by atoms with van der Waals surface area (Å²) in [6, 6.07) is 4.06. The lowest BCUT2D eigenvalue weighted by atomic mass is 10.1. The highest BCUT2D eigenvalue weighted by molar-refractivity contribution is 7.10. The number of piperazine rings is 1. The molecule has 5 nitrogen and oxygen atoms in total. The fraction of sp³-hybridized carbons (Fsp3) is 0.538. The number of amides is 2. The van der Waals surface area contributed by atoms with Crippen LogP contribution in [0.1, 0.15) is 23.8 Å². The number of carbonyl (C=O) groups is 2. The molecule has 0 aliphatic carbocycles. The van der Waals surface area contributed by atoms with Crippen molar-refractivity contribution in [3.05, 3.63) is 22.4 Å². The quantitative estimate of drug-likeness (QED) is 0.829. The van der Waals surface area contributed by atoms with E-state index >= 15 is 0 Å². The van der Waals surface area contributed by atoms with Gasteiger partial charge in [0, 0.05) is 18.0 Å². The van der Waals surface area contributed by atoms with E-state index in [2.05, 4.69) is 22.1 Å². The zero-order chi connectivity index (χ0) is 13.2. The fourth-order valence-electron chi connectivity index (χ4n) is 2.75. The van der Waals surface area contributed by atoms with Crippen molar-refractivity contribution in [3.63, 3.8) is 0 Å². The second kappa shape index (κ2) is 5.30. The lowest BCUT2D eigenvalue weighted by molar-refractivity contribution is -0.135. The molecule has 0 aromatic carbocycles. The summed E-state index contributed by atoms with van der Waals surface area (Å²) in [6.07, 6.45) is 2.08. The largest absolute Gasteiger partial charge is 0.353 e. The Kier molecular flexibility index (Phi) is 3.52. The molecular weight excluding hydrogens is 262 g/mol. The highest BCUT2D eigenvalue weighted by atomic mass is 32.1. The molecule has 2 amide bonds. The molecular formula is C13H17N3O2S. The van der Waals surface area contributed by atoms with E-state index in [9.17, 15) is 9.59 Å². The number of nitrogens with zero attached hydrogens (tertiary/aromatic N) is 1. The van der Waals surface area contributed by atoms with Crippen LogP contribution >= 0.6 is 11.3 Å². The van der Waals surface area contributed by atoms with Crippen molar-refractivity contribution < 1.29 is 9.59 Å². The Morgan fingerprint density at radius 2 is 2.37 bits per heavy atom. The lowest BCUT2D eigenvalue weighted by Crippen LogP contribution is -2.58. The van der Waals surface area contributed by atoms with Gasteiger partial charge in [0.2, 0.25) is 11.8 Å². The van der Waals surface area contributed by atoms with Gasteiger partial charge in [0.15, 0.2) is 0 Å². The van der Waals surface area contributed by atoms with Gasteiger partial charge in [0.25, 0.3) is 0 Å². The summed E-state index contributed by atoms with van der Waals surface area (Å²) < 4.78 is 0. The number of thiophene rings is 1. The van der Waals surface area contributed by atoms with E-state index in [1.54, 1.807) is 11.3 Å². The Labute approximate surface area is 116 Å². The lowest BCUT2D eigenvalue weighted by Gasteiger charge is -2.31. The molecule has 2 N–H and O–H groups in total. The molecule has 0 bridgehead atoms. The number of rotatable bonds is 2. The summed E-state index contributed by atoms with van der Waals surface area (Å²) in [4.78, 5) is 26.9. The number of carbonyl (C=O) groups excluding carboxylic acids is 2. The third-order valence-electron chi connectivity index (χ3n) is 3.72. The molecule has 2 fully saturated rings. The predicted molar refractivity (Wildman–Crippen MR) is 72.8 cm³/mol. The van der Waals surface area contributed by atoms with Crippen molar-refractivity contribution in [1.82, 2.24) is 15.5 Å². The van der Waals surface area contributed by atoms with Gasteiger partial charge in [-0.2, -0.15) is 0 Å². The summed E-state index contributed by atoms with van der Waals surface area (Å²) in [5.74, 6) is 0.0659. The Morgan fingerprint density at radius 1 is 1.47 bits per heavy atom. The molecule has 3 rings (SSSR count). The van der Waals surface area contributed by atoms with Crippen molar-refractivity contribution in [2.45, 2.75) is 24.9 Å². The highest BCUT2D eigenvalue weighted by Gasteiger charge is 2.35. The molecule has 2 atom stereocenters. The summed E-state index contributed by atoms with van der Waals surface area (Å²) in [7, 11) is 0. The zero-order valence-electron chi connectivity index (χ0n) is 10.6. The Bertz CT molecular complexity index is 464. The number of likely N-dealkylation sites (tertiary alicyclic amines) is 1. The predicted octanol–water partition coefficient (Wildman–Crippen LogP) is 0.500. The first-order valence-electron chi connectivity index (χ1n) is 6.59. The van der Waals surface area contributed by atoms with Gasteiger partial charge in [-0.15, -0.1) is 11.3 Å². The van der Waals surface area contributed by atoms with Gasteiger partial charge in [-0.05, 0) is 24.3 Å². The topological polar surface area (TPSA) is 61.4 Å². The molecule has 3 heterocycles. The van der Waals surface area contributed by atoms with Gasteiger partial charge in [-0.1, -0.05) is 6.07 Å². The molecule has 0 spiro atoms. The molecule has 19 heavy (non-hydrogen) atoms. The van der Waals surface area contributed by atoms with E-state index in [0.29, 0.717) is 6.54 Å². The summed E-state index contributed by atoms with van der Waals surface area (Å²) in [5, 5.41) is 7.80. The second-order valence-electron chi connectivity index (χ2n) is 4.94. The monoisotopic (exact) mass is 279 g/mol. The average Bonchev–Trinajstić information content (AvgIpc) is 3.09. The third-order valence-corrected chi connectivity index (χ3v) is 4.69. The number of hydrogen-bond donors (Lipinski definition) is 2. The van der Waals surface area contributed by atoms with Crippen LogP contribution in [0.4, 0.5) is 0 Å². The first kappa shape index (κ1) is 12.6. The van der Waals surface area contributed by atoms with Crippen LogP contribution in [0.2, 0.25) is 0 Å². The van der Waals surface area contributed by atoms with E-state index in [1.807, 2.05) is 11.0 Å². The molecule has 0 radical (unpaired) electrons. The van der Waals surface area contributed by atoms with Crippen LogP contribution in [0, 0.1) is 0 Å². The van der Waals surface area contributed by atoms with E-state index in [-0.39, 0.29) is 30.4 Å². The van der Waals surface area contributed by atoms with Gasteiger partial charge in [-0.3, -0.25) is 14.9 Å². The van der Waals surface area contributed by atoms with Gasteiger partial charge in [0.1, 0.15) is 6.04 Å². The highest BCUT2D eigenvalue weighted by Crippen LogP contribution is 2.34. The number of hydrogen-bond acceptors (Lipinski definition) is 4. The molecule has 1 aromatic heterocycles. The van der Waals surface area contributed by atoms with Gasteiger partial charge >= 0.3 is 0 Å². The minimum Gasteiger partial charge on any atom is -0.353 e. The van der Waals surface area contributed by atoms with Crippen LogP contribution < -0.4 is 10.6 Å². The van der Waals surface area contributed by atoms with Crippen LogP contribution in [0.25, 0.3) is 0 Å². The second-order valence-corrected chi connectivity index (χ2v) is 5.92. The van der Waals surface area contributed by atoms with Crippen LogP contribution in [0.3, 0.4) is 0 Å². The van der Waals surface area contributed by atoms with Crippen LogP contribution in [-0.4, -0.2) is 42.4 Å². The minimum atomic E-state index is -0.279. The molecule has 1 aromatic rings. The number of nitrogens with one attached hydrogen (secondary N) is 2. The van der Waals surface area contributed by atoms with Crippen LogP contribution in [0.15, 0.2) is 17.5 Å². The molecule has 102 valence electrons. The molecule has 2 unspecified atom stereocenters. The van der Waals surface area contributed by atoms with Gasteiger partial charge in [-0.25, -0.2) is 0 Å². The average molecular weight is 279 g/mol. The summed E-state index contributed by atoms with van der Waals surface area (Å²) in [6.45, 7) is 1.44. The van der Waals surface area contributed by atoms with Crippen molar-refractivity contribution in [1.29, 1.82) is 0 Å². The molecule has 2 aliphatic heterocycles. The van der Waals surface area contributed by atoms with Crippen molar-refractivity contribution in [2.75, 3.05) is 19.6 Å². The van der Waals surface area contributed by atoms with E-state index in [4.69, 9.17) is 0 Å².